The first kappa shape index (κ1) is 20.8. The number of amides is 1. The number of halogens is 1. The Balaban J connectivity index is 2.07. The topological polar surface area (TPSA) is 57.6 Å². The molecular weight excluding hydrogens is 369 g/mol. The summed E-state index contributed by atoms with van der Waals surface area (Å²) in [5, 5.41) is 10.9. The molecule has 1 heterocycles. The van der Waals surface area contributed by atoms with Gasteiger partial charge in [-0.05, 0) is 31.0 Å². The molecule has 2 aromatic carbocycles. The van der Waals surface area contributed by atoms with Gasteiger partial charge in [0.1, 0.15) is 11.6 Å². The number of unbranched alkanes of at least 4 members (excludes halogenated alkanes) is 3. The van der Waals surface area contributed by atoms with Gasteiger partial charge < -0.3 is 10.0 Å². The number of aryl methyl sites for hydroxylation is 1. The van der Waals surface area contributed by atoms with Crippen LogP contribution in [0.3, 0.4) is 0 Å². The van der Waals surface area contributed by atoms with Crippen LogP contribution in [-0.4, -0.2) is 28.2 Å². The van der Waals surface area contributed by atoms with E-state index in [1.54, 1.807) is 24.3 Å². The number of nitrogens with zero attached hydrogens (tertiary/aromatic N) is 1. The molecule has 0 spiro atoms. The minimum absolute atomic E-state index is 0.0138. The average molecular weight is 395 g/mol. The number of Topliss-reactive ketones (excluding diaryl/α,β-unsaturated/α-hetero) is 1. The molecule has 2 aromatic rings. The third kappa shape index (κ3) is 4.39. The van der Waals surface area contributed by atoms with E-state index in [-0.39, 0.29) is 11.3 Å². The predicted molar refractivity (Wildman–Crippen MR) is 111 cm³/mol. The third-order valence-electron chi connectivity index (χ3n) is 5.28. The Morgan fingerprint density at radius 3 is 2.45 bits per heavy atom. The average Bonchev–Trinajstić information content (AvgIpc) is 2.96. The van der Waals surface area contributed by atoms with E-state index in [1.807, 2.05) is 19.1 Å². The maximum Gasteiger partial charge on any atom is 0.295 e. The molecule has 29 heavy (non-hydrogen) atoms. The van der Waals surface area contributed by atoms with Crippen LogP contribution in [0.25, 0.3) is 5.76 Å². The van der Waals surface area contributed by atoms with E-state index in [0.717, 1.165) is 31.2 Å². The Labute approximate surface area is 170 Å². The lowest BCUT2D eigenvalue weighted by Gasteiger charge is -2.25. The van der Waals surface area contributed by atoms with E-state index in [4.69, 9.17) is 0 Å². The summed E-state index contributed by atoms with van der Waals surface area (Å²) in [6.07, 6.45) is 3.78. The summed E-state index contributed by atoms with van der Waals surface area (Å²) < 4.78 is 13.9. The second-order valence-electron chi connectivity index (χ2n) is 7.47. The van der Waals surface area contributed by atoms with Crippen molar-refractivity contribution in [1.82, 2.24) is 4.90 Å². The number of ketones is 1. The Kier molecular flexibility index (Phi) is 6.47. The molecule has 0 radical (unpaired) electrons. The third-order valence-corrected chi connectivity index (χ3v) is 5.28. The van der Waals surface area contributed by atoms with Gasteiger partial charge >= 0.3 is 0 Å². The highest BCUT2D eigenvalue weighted by atomic mass is 19.1. The number of rotatable bonds is 7. The largest absolute Gasteiger partial charge is 0.507 e. The summed E-state index contributed by atoms with van der Waals surface area (Å²) in [5.41, 5.74) is 1.97. The quantitative estimate of drug-likeness (QED) is 0.306. The molecule has 1 fully saturated rings. The lowest BCUT2D eigenvalue weighted by atomic mass is 9.95. The molecule has 0 saturated carbocycles. The van der Waals surface area contributed by atoms with E-state index in [1.165, 1.54) is 17.0 Å². The Hall–Kier alpha value is -2.95. The number of hydrogen-bond acceptors (Lipinski definition) is 3. The minimum Gasteiger partial charge on any atom is -0.507 e. The Bertz CT molecular complexity index is 933. The molecule has 1 aliphatic heterocycles. The number of likely N-dealkylation sites (tertiary alicyclic amines) is 1. The fourth-order valence-corrected chi connectivity index (χ4v) is 3.71. The van der Waals surface area contributed by atoms with Gasteiger partial charge in [0, 0.05) is 12.1 Å². The molecular formula is C24H26FNO3. The van der Waals surface area contributed by atoms with Gasteiger partial charge in [-0.15, -0.1) is 0 Å². The maximum atomic E-state index is 13.9. The number of carbonyl (C=O) groups is 2. The molecule has 0 bridgehead atoms. The molecule has 0 aromatic heterocycles. The second kappa shape index (κ2) is 9.03. The van der Waals surface area contributed by atoms with Gasteiger partial charge in [-0.1, -0.05) is 68.1 Å². The van der Waals surface area contributed by atoms with E-state index in [9.17, 15) is 19.1 Å². The number of benzene rings is 2. The summed E-state index contributed by atoms with van der Waals surface area (Å²) in [6.45, 7) is 4.41. The smallest absolute Gasteiger partial charge is 0.295 e. The van der Waals surface area contributed by atoms with Gasteiger partial charge in [-0.3, -0.25) is 9.59 Å². The van der Waals surface area contributed by atoms with Crippen LogP contribution in [0, 0.1) is 12.7 Å². The van der Waals surface area contributed by atoms with Crippen molar-refractivity contribution in [1.29, 1.82) is 0 Å². The zero-order valence-corrected chi connectivity index (χ0v) is 16.8. The van der Waals surface area contributed by atoms with Crippen molar-refractivity contribution in [2.45, 2.75) is 45.6 Å². The van der Waals surface area contributed by atoms with Crippen molar-refractivity contribution < 1.29 is 19.1 Å². The van der Waals surface area contributed by atoms with Crippen molar-refractivity contribution in [2.75, 3.05) is 6.54 Å². The first-order chi connectivity index (χ1) is 13.9. The Morgan fingerprint density at radius 1 is 1.07 bits per heavy atom. The van der Waals surface area contributed by atoms with Gasteiger partial charge in [0.25, 0.3) is 11.7 Å². The highest BCUT2D eigenvalue weighted by Crippen LogP contribution is 2.39. The van der Waals surface area contributed by atoms with Gasteiger partial charge in [-0.25, -0.2) is 4.39 Å². The fraction of sp³-hybridized carbons (Fsp3) is 0.333. The van der Waals surface area contributed by atoms with Gasteiger partial charge in [0.2, 0.25) is 0 Å². The highest BCUT2D eigenvalue weighted by molar-refractivity contribution is 6.46. The normalized spacial score (nSPS) is 18.4. The van der Waals surface area contributed by atoms with Crippen LogP contribution in [0.15, 0.2) is 54.1 Å². The zero-order valence-electron chi connectivity index (χ0n) is 16.8. The number of aliphatic hydroxyl groups excluding tert-OH is 1. The number of aliphatic hydroxyl groups is 1. The standard InChI is InChI=1S/C24H26FNO3/c1-3-4-5-6-14-26-21(18-8-7-9-19(25)15-18)20(23(28)24(26)29)22(27)17-12-10-16(2)11-13-17/h7-13,15,21,27H,3-6,14H2,1-2H3/b22-20+. The molecule has 1 aliphatic rings. The first-order valence-corrected chi connectivity index (χ1v) is 10.0. The number of hydrogen-bond donors (Lipinski definition) is 1. The monoisotopic (exact) mass is 395 g/mol. The van der Waals surface area contributed by atoms with Gasteiger partial charge in [0.15, 0.2) is 0 Å². The van der Waals surface area contributed by atoms with Crippen LogP contribution in [0.1, 0.15) is 55.3 Å². The molecule has 1 atom stereocenters. The van der Waals surface area contributed by atoms with Crippen LogP contribution in [-0.2, 0) is 9.59 Å². The SMILES string of the molecule is CCCCCCN1C(=O)C(=O)/C(=C(/O)c2ccc(C)cc2)C1c1cccc(F)c1. The molecule has 1 amide bonds. The molecule has 1 unspecified atom stereocenters. The van der Waals surface area contributed by atoms with Crippen LogP contribution >= 0.6 is 0 Å². The van der Waals surface area contributed by atoms with Gasteiger partial charge in [0.05, 0.1) is 11.6 Å². The highest BCUT2D eigenvalue weighted by Gasteiger charge is 2.45. The van der Waals surface area contributed by atoms with E-state index >= 15 is 0 Å². The molecule has 4 nitrogen and oxygen atoms in total. The van der Waals surface area contributed by atoms with Crippen LogP contribution in [0.5, 0.6) is 0 Å². The van der Waals surface area contributed by atoms with Crippen molar-refractivity contribution in [3.63, 3.8) is 0 Å². The lowest BCUT2D eigenvalue weighted by Crippen LogP contribution is -2.30. The summed E-state index contributed by atoms with van der Waals surface area (Å²) in [4.78, 5) is 27.1. The van der Waals surface area contributed by atoms with Crippen LogP contribution in [0.4, 0.5) is 4.39 Å². The van der Waals surface area contributed by atoms with Crippen molar-refractivity contribution >= 4 is 17.4 Å². The lowest BCUT2D eigenvalue weighted by molar-refractivity contribution is -0.139. The summed E-state index contributed by atoms with van der Waals surface area (Å²) >= 11 is 0. The van der Waals surface area contributed by atoms with Gasteiger partial charge in [-0.2, -0.15) is 0 Å². The summed E-state index contributed by atoms with van der Waals surface area (Å²) in [5.74, 6) is -2.06. The first-order valence-electron chi connectivity index (χ1n) is 10.0. The molecule has 5 heteroatoms. The fourth-order valence-electron chi connectivity index (χ4n) is 3.71. The minimum atomic E-state index is -0.798. The van der Waals surface area contributed by atoms with Crippen molar-refractivity contribution in [3.8, 4) is 0 Å². The van der Waals surface area contributed by atoms with E-state index < -0.39 is 23.5 Å². The zero-order chi connectivity index (χ0) is 21.0. The van der Waals surface area contributed by atoms with E-state index in [0.29, 0.717) is 17.7 Å². The predicted octanol–water partition coefficient (Wildman–Crippen LogP) is 5.14. The summed E-state index contributed by atoms with van der Waals surface area (Å²) in [7, 11) is 0. The molecule has 1 saturated heterocycles. The molecule has 3 rings (SSSR count). The van der Waals surface area contributed by atoms with Crippen LogP contribution in [0.2, 0.25) is 0 Å². The molecule has 0 aliphatic carbocycles. The number of carbonyl (C=O) groups excluding carboxylic acids is 2. The van der Waals surface area contributed by atoms with Crippen molar-refractivity contribution in [3.05, 3.63) is 76.6 Å². The molecule has 152 valence electrons. The molecule has 1 N–H and O–H groups in total. The maximum absolute atomic E-state index is 13.9. The van der Waals surface area contributed by atoms with E-state index in [2.05, 4.69) is 6.92 Å². The summed E-state index contributed by atoms with van der Waals surface area (Å²) in [6, 6.07) is 12.1. The Morgan fingerprint density at radius 2 is 1.79 bits per heavy atom. The second-order valence-corrected chi connectivity index (χ2v) is 7.47. The van der Waals surface area contributed by atoms with Crippen molar-refractivity contribution in [2.24, 2.45) is 0 Å². The van der Waals surface area contributed by atoms with Crippen LogP contribution < -0.4 is 0 Å².